The number of aliphatic hydroxyl groups is 1. The van der Waals surface area contributed by atoms with E-state index in [4.69, 9.17) is 18.9 Å². The number of halogens is 1. The summed E-state index contributed by atoms with van der Waals surface area (Å²) in [5.41, 5.74) is 1.21. The van der Waals surface area contributed by atoms with Gasteiger partial charge in [-0.3, -0.25) is 0 Å². The number of fused-ring (bicyclic) bond motifs is 2. The number of ether oxygens (including phenoxy) is 4. The lowest BCUT2D eigenvalue weighted by molar-refractivity contribution is -0.0104. The molecule has 0 saturated carbocycles. The number of aromatic nitrogens is 1. The Balaban J connectivity index is 1.28. The van der Waals surface area contributed by atoms with E-state index >= 15 is 0 Å². The summed E-state index contributed by atoms with van der Waals surface area (Å²) in [5.74, 6) is 2.19. The highest BCUT2D eigenvalue weighted by Crippen LogP contribution is 2.37. The molecule has 0 bridgehead atoms. The van der Waals surface area contributed by atoms with Gasteiger partial charge in [-0.2, -0.15) is 0 Å². The smallest absolute Gasteiger partial charge is 0.163 e. The van der Waals surface area contributed by atoms with Crippen molar-refractivity contribution in [3.05, 3.63) is 77.1 Å². The van der Waals surface area contributed by atoms with Gasteiger partial charge in [-0.15, -0.1) is 11.3 Å². The number of nitrogens with zero attached hydrogens (tertiary/aromatic N) is 1. The van der Waals surface area contributed by atoms with E-state index in [1.54, 1.807) is 55.6 Å². The fourth-order valence-corrected chi connectivity index (χ4v) is 4.39. The predicted molar refractivity (Wildman–Crippen MR) is 118 cm³/mol. The van der Waals surface area contributed by atoms with Crippen LogP contribution in [0.1, 0.15) is 16.7 Å². The SMILES string of the molecule is COc1ccc(OC2COc3ccc(OCc4nc5cc(F)ccc5s4)cc3C2O)cc1. The van der Waals surface area contributed by atoms with Crippen LogP contribution in [0.15, 0.2) is 60.7 Å². The van der Waals surface area contributed by atoms with Crippen LogP contribution in [0.25, 0.3) is 10.2 Å². The van der Waals surface area contributed by atoms with Crippen molar-refractivity contribution >= 4 is 21.6 Å². The van der Waals surface area contributed by atoms with Crippen molar-refractivity contribution in [2.24, 2.45) is 0 Å². The first-order valence-electron chi connectivity index (χ1n) is 10.0. The Kier molecular flexibility index (Phi) is 5.55. The zero-order chi connectivity index (χ0) is 22.1. The fourth-order valence-electron chi connectivity index (χ4n) is 3.52. The molecule has 3 aromatic carbocycles. The second kappa shape index (κ2) is 8.64. The summed E-state index contributed by atoms with van der Waals surface area (Å²) >= 11 is 1.45. The Morgan fingerprint density at radius 1 is 1.06 bits per heavy atom. The molecule has 0 aliphatic carbocycles. The Bertz CT molecular complexity index is 1240. The van der Waals surface area contributed by atoms with Gasteiger partial charge < -0.3 is 24.1 Å². The molecule has 6 nitrogen and oxygen atoms in total. The van der Waals surface area contributed by atoms with E-state index in [9.17, 15) is 9.50 Å². The molecule has 8 heteroatoms. The van der Waals surface area contributed by atoms with Crippen LogP contribution >= 0.6 is 11.3 Å². The van der Waals surface area contributed by atoms with Crippen LogP contribution < -0.4 is 18.9 Å². The third kappa shape index (κ3) is 4.19. The Morgan fingerprint density at radius 2 is 1.84 bits per heavy atom. The number of aliphatic hydroxyl groups excluding tert-OH is 1. The summed E-state index contributed by atoms with van der Waals surface area (Å²) in [4.78, 5) is 4.41. The molecule has 0 radical (unpaired) electrons. The van der Waals surface area contributed by atoms with Crippen molar-refractivity contribution in [3.63, 3.8) is 0 Å². The van der Waals surface area contributed by atoms with Gasteiger partial charge in [0.25, 0.3) is 0 Å². The average Bonchev–Trinajstić information content (AvgIpc) is 3.22. The van der Waals surface area contributed by atoms with Gasteiger partial charge in [0, 0.05) is 11.6 Å². The van der Waals surface area contributed by atoms with Crippen LogP contribution in [0.4, 0.5) is 4.39 Å². The molecule has 1 aliphatic rings. The monoisotopic (exact) mass is 453 g/mol. The van der Waals surface area contributed by atoms with Gasteiger partial charge in [-0.1, -0.05) is 0 Å². The molecule has 0 amide bonds. The van der Waals surface area contributed by atoms with Crippen LogP contribution in [0.5, 0.6) is 23.0 Å². The summed E-state index contributed by atoms with van der Waals surface area (Å²) < 4.78 is 37.0. The molecular formula is C24H20FNO5S. The highest BCUT2D eigenvalue weighted by molar-refractivity contribution is 7.18. The zero-order valence-electron chi connectivity index (χ0n) is 17.2. The lowest BCUT2D eigenvalue weighted by Gasteiger charge is -2.31. The van der Waals surface area contributed by atoms with Crippen LogP contribution in [-0.4, -0.2) is 29.9 Å². The third-order valence-electron chi connectivity index (χ3n) is 5.16. The first-order chi connectivity index (χ1) is 15.6. The van der Waals surface area contributed by atoms with Gasteiger partial charge in [0.15, 0.2) is 6.10 Å². The average molecular weight is 453 g/mol. The first-order valence-corrected chi connectivity index (χ1v) is 10.8. The minimum Gasteiger partial charge on any atom is -0.497 e. The molecule has 4 aromatic rings. The normalized spacial score (nSPS) is 17.5. The lowest BCUT2D eigenvalue weighted by atomic mass is 10.0. The van der Waals surface area contributed by atoms with E-state index in [0.29, 0.717) is 28.3 Å². The van der Waals surface area contributed by atoms with E-state index in [2.05, 4.69) is 4.98 Å². The van der Waals surface area contributed by atoms with Crippen LogP contribution in [0.3, 0.4) is 0 Å². The number of hydrogen-bond donors (Lipinski definition) is 1. The van der Waals surface area contributed by atoms with Crippen LogP contribution in [0.2, 0.25) is 0 Å². The molecule has 164 valence electrons. The van der Waals surface area contributed by atoms with Crippen molar-refractivity contribution in [3.8, 4) is 23.0 Å². The third-order valence-corrected chi connectivity index (χ3v) is 6.17. The summed E-state index contributed by atoms with van der Waals surface area (Å²) in [6.45, 7) is 0.463. The van der Waals surface area contributed by atoms with Gasteiger partial charge in [0.1, 0.15) is 53.1 Å². The molecule has 0 spiro atoms. The largest absolute Gasteiger partial charge is 0.497 e. The Morgan fingerprint density at radius 3 is 2.66 bits per heavy atom. The number of benzene rings is 3. The zero-order valence-corrected chi connectivity index (χ0v) is 18.0. The minimum atomic E-state index is -0.880. The molecule has 1 aromatic heterocycles. The summed E-state index contributed by atoms with van der Waals surface area (Å²) in [6, 6.07) is 17.0. The van der Waals surface area contributed by atoms with Crippen LogP contribution in [0, 0.1) is 5.82 Å². The lowest BCUT2D eigenvalue weighted by Crippen LogP contribution is -2.35. The van der Waals surface area contributed by atoms with Crippen molar-refractivity contribution in [2.45, 2.75) is 18.8 Å². The second-order valence-corrected chi connectivity index (χ2v) is 8.41. The van der Waals surface area contributed by atoms with E-state index in [-0.39, 0.29) is 19.0 Å². The molecule has 2 heterocycles. The molecule has 0 fully saturated rings. The number of rotatable bonds is 6. The fraction of sp³-hybridized carbons (Fsp3) is 0.208. The molecule has 0 saturated heterocycles. The minimum absolute atomic E-state index is 0.225. The first kappa shape index (κ1) is 20.5. The second-order valence-electron chi connectivity index (χ2n) is 7.30. The predicted octanol–water partition coefficient (Wildman–Crippen LogP) is 4.90. The molecule has 1 N–H and O–H groups in total. The quantitative estimate of drug-likeness (QED) is 0.448. The maximum Gasteiger partial charge on any atom is 0.163 e. The standard InChI is InChI=1S/C24H20FNO5S/c1-28-15-3-5-16(6-4-15)31-21-12-30-20-8-7-17(11-18(20)24(21)27)29-13-23-26-19-10-14(25)2-9-22(19)32-23/h2-11,21,24,27H,12-13H2,1H3. The molecule has 5 rings (SSSR count). The number of methoxy groups -OCH3 is 1. The van der Waals surface area contributed by atoms with Crippen molar-refractivity contribution < 1.29 is 28.4 Å². The highest BCUT2D eigenvalue weighted by Gasteiger charge is 2.31. The molecule has 2 unspecified atom stereocenters. The van der Waals surface area contributed by atoms with E-state index in [0.717, 1.165) is 15.5 Å². The van der Waals surface area contributed by atoms with Crippen molar-refractivity contribution in [1.29, 1.82) is 0 Å². The highest BCUT2D eigenvalue weighted by atomic mass is 32.1. The maximum atomic E-state index is 13.4. The number of thiazole rings is 1. The van der Waals surface area contributed by atoms with Gasteiger partial charge in [-0.05, 0) is 54.6 Å². The van der Waals surface area contributed by atoms with Gasteiger partial charge in [-0.25, -0.2) is 9.37 Å². The topological polar surface area (TPSA) is 70.0 Å². The molecule has 32 heavy (non-hydrogen) atoms. The van der Waals surface area contributed by atoms with Crippen molar-refractivity contribution in [1.82, 2.24) is 4.98 Å². The van der Waals surface area contributed by atoms with Gasteiger partial charge in [0.05, 0.1) is 17.3 Å². The van der Waals surface area contributed by atoms with Gasteiger partial charge >= 0.3 is 0 Å². The Labute approximate surface area is 187 Å². The summed E-state index contributed by atoms with van der Waals surface area (Å²) in [7, 11) is 1.60. The molecular weight excluding hydrogens is 433 g/mol. The number of hydrogen-bond acceptors (Lipinski definition) is 7. The van der Waals surface area contributed by atoms with E-state index < -0.39 is 12.2 Å². The van der Waals surface area contributed by atoms with Gasteiger partial charge in [0.2, 0.25) is 0 Å². The maximum absolute atomic E-state index is 13.4. The van der Waals surface area contributed by atoms with Crippen molar-refractivity contribution in [2.75, 3.05) is 13.7 Å². The van der Waals surface area contributed by atoms with E-state index in [1.165, 1.54) is 23.5 Å². The van der Waals surface area contributed by atoms with Crippen LogP contribution in [-0.2, 0) is 6.61 Å². The Hall–Kier alpha value is -3.36. The summed E-state index contributed by atoms with van der Waals surface area (Å²) in [6.07, 6.45) is -1.44. The molecule has 2 atom stereocenters. The molecule has 1 aliphatic heterocycles. The van der Waals surface area contributed by atoms with E-state index in [1.807, 2.05) is 0 Å². The summed E-state index contributed by atoms with van der Waals surface area (Å²) in [5, 5.41) is 11.6.